The number of carbonyl (C=O) groups is 1. The second-order valence-electron chi connectivity index (χ2n) is 7.72. The molecule has 0 bridgehead atoms. The first-order valence-corrected chi connectivity index (χ1v) is 9.46. The fourth-order valence-electron chi connectivity index (χ4n) is 4.18. The molecule has 25 heavy (non-hydrogen) atoms. The first kappa shape index (κ1) is 17.7. The van der Waals surface area contributed by atoms with Gasteiger partial charge in [0, 0.05) is 31.9 Å². The van der Waals surface area contributed by atoms with Crippen LogP contribution in [0.5, 0.6) is 0 Å². The Labute approximate surface area is 150 Å². The SMILES string of the molecule is CCCN1CCC[C@]2(CCN(c3nc(C(C)C)ccc3C#N)C2)C1=O. The Hall–Kier alpha value is -2.09. The summed E-state index contributed by atoms with van der Waals surface area (Å²) in [5, 5.41) is 9.48. The van der Waals surface area contributed by atoms with Crippen LogP contribution in [0.15, 0.2) is 12.1 Å². The Kier molecular flexibility index (Phi) is 4.99. The lowest BCUT2D eigenvalue weighted by Gasteiger charge is -2.39. The van der Waals surface area contributed by atoms with Crippen LogP contribution in [0.25, 0.3) is 0 Å². The summed E-state index contributed by atoms with van der Waals surface area (Å²) in [5.74, 6) is 1.38. The van der Waals surface area contributed by atoms with Gasteiger partial charge in [0.25, 0.3) is 0 Å². The number of amides is 1. The molecule has 2 aliphatic heterocycles. The third kappa shape index (κ3) is 3.22. The molecule has 0 aromatic carbocycles. The zero-order chi connectivity index (χ0) is 18.0. The average Bonchev–Trinajstić information content (AvgIpc) is 3.03. The first-order valence-electron chi connectivity index (χ1n) is 9.46. The van der Waals surface area contributed by atoms with Crippen molar-refractivity contribution in [1.29, 1.82) is 5.26 Å². The minimum Gasteiger partial charge on any atom is -0.354 e. The third-order valence-electron chi connectivity index (χ3n) is 5.58. The van der Waals surface area contributed by atoms with Gasteiger partial charge in [-0.25, -0.2) is 4.98 Å². The normalized spacial score (nSPS) is 23.6. The summed E-state index contributed by atoms with van der Waals surface area (Å²) in [5.41, 5.74) is 1.32. The van der Waals surface area contributed by atoms with Crippen LogP contribution >= 0.6 is 0 Å². The highest BCUT2D eigenvalue weighted by Gasteiger charge is 2.48. The number of carbonyl (C=O) groups excluding carboxylic acids is 1. The summed E-state index contributed by atoms with van der Waals surface area (Å²) in [6.07, 6.45) is 3.89. The van der Waals surface area contributed by atoms with Gasteiger partial charge in [-0.15, -0.1) is 0 Å². The van der Waals surface area contributed by atoms with Gasteiger partial charge in [-0.1, -0.05) is 20.8 Å². The lowest BCUT2D eigenvalue weighted by Crippen LogP contribution is -2.50. The van der Waals surface area contributed by atoms with Crippen LogP contribution in [-0.4, -0.2) is 42.0 Å². The van der Waals surface area contributed by atoms with Crippen LogP contribution in [0.4, 0.5) is 5.82 Å². The van der Waals surface area contributed by atoms with Gasteiger partial charge in [-0.05, 0) is 43.7 Å². The number of nitriles is 1. The van der Waals surface area contributed by atoms with Gasteiger partial charge in [0.1, 0.15) is 11.9 Å². The van der Waals surface area contributed by atoms with Crippen molar-refractivity contribution in [2.24, 2.45) is 5.41 Å². The smallest absolute Gasteiger partial charge is 0.230 e. The molecule has 0 unspecified atom stereocenters. The maximum atomic E-state index is 13.1. The Bertz CT molecular complexity index is 691. The van der Waals surface area contributed by atoms with E-state index in [0.29, 0.717) is 23.9 Å². The van der Waals surface area contributed by atoms with E-state index in [4.69, 9.17) is 4.98 Å². The van der Waals surface area contributed by atoms with Crippen LogP contribution in [0.3, 0.4) is 0 Å². The van der Waals surface area contributed by atoms with Crippen LogP contribution in [0.2, 0.25) is 0 Å². The molecule has 134 valence electrons. The van der Waals surface area contributed by atoms with Gasteiger partial charge in [0.15, 0.2) is 0 Å². The van der Waals surface area contributed by atoms with Crippen molar-refractivity contribution in [3.8, 4) is 6.07 Å². The van der Waals surface area contributed by atoms with Crippen molar-refractivity contribution >= 4 is 11.7 Å². The molecule has 2 fully saturated rings. The van der Waals surface area contributed by atoms with E-state index in [-0.39, 0.29) is 5.41 Å². The zero-order valence-corrected chi connectivity index (χ0v) is 15.6. The van der Waals surface area contributed by atoms with E-state index in [1.807, 2.05) is 17.0 Å². The predicted molar refractivity (Wildman–Crippen MR) is 98.4 cm³/mol. The molecule has 0 radical (unpaired) electrons. The summed E-state index contributed by atoms with van der Waals surface area (Å²) in [7, 11) is 0. The predicted octanol–water partition coefficient (Wildman–Crippen LogP) is 3.31. The highest BCUT2D eigenvalue weighted by atomic mass is 16.2. The van der Waals surface area contributed by atoms with Gasteiger partial charge >= 0.3 is 0 Å². The van der Waals surface area contributed by atoms with Crippen LogP contribution in [0, 0.1) is 16.7 Å². The fourth-order valence-corrected chi connectivity index (χ4v) is 4.18. The fraction of sp³-hybridized carbons (Fsp3) is 0.650. The molecule has 1 aromatic heterocycles. The number of piperidine rings is 1. The largest absolute Gasteiger partial charge is 0.354 e. The van der Waals surface area contributed by atoms with E-state index < -0.39 is 0 Å². The average molecular weight is 340 g/mol. The number of nitrogens with zero attached hydrogens (tertiary/aromatic N) is 4. The third-order valence-corrected chi connectivity index (χ3v) is 5.58. The van der Waals surface area contributed by atoms with Crippen molar-refractivity contribution in [1.82, 2.24) is 9.88 Å². The first-order chi connectivity index (χ1) is 12.0. The standard InChI is InChI=1S/C20H28N4O/c1-4-10-23-11-5-8-20(19(23)25)9-12-24(14-20)18-16(13-21)6-7-17(22-18)15(2)3/h6-7,15H,4-5,8-12,14H2,1-3H3/t20-/m1/s1. The van der Waals surface area contributed by atoms with E-state index in [2.05, 4.69) is 31.7 Å². The van der Waals surface area contributed by atoms with Crippen molar-refractivity contribution in [3.05, 3.63) is 23.4 Å². The number of rotatable bonds is 4. The lowest BCUT2D eigenvalue weighted by molar-refractivity contribution is -0.145. The van der Waals surface area contributed by atoms with Crippen molar-refractivity contribution in [2.45, 2.75) is 52.4 Å². The number of pyridine rings is 1. The highest BCUT2D eigenvalue weighted by Crippen LogP contribution is 2.42. The molecule has 0 N–H and O–H groups in total. The number of hydrogen-bond acceptors (Lipinski definition) is 4. The molecular weight excluding hydrogens is 312 g/mol. The maximum Gasteiger partial charge on any atom is 0.230 e. The van der Waals surface area contributed by atoms with Crippen molar-refractivity contribution in [3.63, 3.8) is 0 Å². The molecule has 5 nitrogen and oxygen atoms in total. The zero-order valence-electron chi connectivity index (χ0n) is 15.6. The molecule has 1 aromatic rings. The summed E-state index contributed by atoms with van der Waals surface area (Å²) < 4.78 is 0. The van der Waals surface area contributed by atoms with E-state index in [1.165, 1.54) is 0 Å². The summed E-state index contributed by atoms with van der Waals surface area (Å²) in [4.78, 5) is 22.0. The van der Waals surface area contributed by atoms with E-state index in [0.717, 1.165) is 56.8 Å². The van der Waals surface area contributed by atoms with Crippen LogP contribution in [-0.2, 0) is 4.79 Å². The van der Waals surface area contributed by atoms with Crippen molar-refractivity contribution < 1.29 is 4.79 Å². The minimum absolute atomic E-state index is 0.282. The van der Waals surface area contributed by atoms with E-state index in [1.54, 1.807) is 0 Å². The van der Waals surface area contributed by atoms with E-state index in [9.17, 15) is 10.1 Å². The molecule has 3 rings (SSSR count). The van der Waals surface area contributed by atoms with Crippen LogP contribution in [0.1, 0.15) is 63.6 Å². The summed E-state index contributed by atoms with van der Waals surface area (Å²) >= 11 is 0. The molecular formula is C20H28N4O. The minimum atomic E-state index is -0.282. The van der Waals surface area contributed by atoms with Gasteiger partial charge in [0.05, 0.1) is 11.0 Å². The second-order valence-corrected chi connectivity index (χ2v) is 7.72. The molecule has 2 aliphatic rings. The molecule has 5 heteroatoms. The molecule has 3 heterocycles. The van der Waals surface area contributed by atoms with Gasteiger partial charge in [-0.2, -0.15) is 5.26 Å². The van der Waals surface area contributed by atoms with Crippen molar-refractivity contribution in [2.75, 3.05) is 31.1 Å². The van der Waals surface area contributed by atoms with Gasteiger partial charge < -0.3 is 9.80 Å². The van der Waals surface area contributed by atoms with Crippen LogP contribution < -0.4 is 4.90 Å². The molecule has 1 spiro atoms. The Morgan fingerprint density at radius 1 is 1.32 bits per heavy atom. The quantitative estimate of drug-likeness (QED) is 0.844. The Balaban J connectivity index is 1.86. The highest BCUT2D eigenvalue weighted by molar-refractivity contribution is 5.85. The molecule has 0 aliphatic carbocycles. The summed E-state index contributed by atoms with van der Waals surface area (Å²) in [6, 6.07) is 6.08. The number of hydrogen-bond donors (Lipinski definition) is 0. The molecule has 2 saturated heterocycles. The monoisotopic (exact) mass is 340 g/mol. The topological polar surface area (TPSA) is 60.2 Å². The molecule has 0 saturated carbocycles. The molecule has 1 amide bonds. The number of likely N-dealkylation sites (tertiary alicyclic amines) is 1. The number of aromatic nitrogens is 1. The van der Waals surface area contributed by atoms with Gasteiger partial charge in [0.2, 0.25) is 5.91 Å². The Morgan fingerprint density at radius 3 is 2.80 bits per heavy atom. The molecule has 1 atom stereocenters. The van der Waals surface area contributed by atoms with Gasteiger partial charge in [-0.3, -0.25) is 4.79 Å². The van der Waals surface area contributed by atoms with E-state index >= 15 is 0 Å². The maximum absolute atomic E-state index is 13.1. The lowest BCUT2D eigenvalue weighted by atomic mass is 9.78. The summed E-state index contributed by atoms with van der Waals surface area (Å²) in [6.45, 7) is 9.57. The number of anilines is 1. The second kappa shape index (κ2) is 7.03. The Morgan fingerprint density at radius 2 is 2.12 bits per heavy atom.